The molecule has 2 unspecified atom stereocenters. The molecule has 2 rings (SSSR count). The van der Waals surface area contributed by atoms with Gasteiger partial charge in [0.2, 0.25) is 0 Å². The summed E-state index contributed by atoms with van der Waals surface area (Å²) in [4.78, 5) is 16.6. The Kier molecular flexibility index (Phi) is 8.88. The summed E-state index contributed by atoms with van der Waals surface area (Å²) in [5, 5.41) is 24.1. The molecular weight excluding hydrogens is 447 g/mol. The van der Waals surface area contributed by atoms with E-state index in [2.05, 4.69) is 16.9 Å². The number of nitrogens with zero attached hydrogens (tertiary/aromatic N) is 3. The van der Waals surface area contributed by atoms with E-state index in [9.17, 15) is 19.6 Å². The molecule has 0 amide bonds. The van der Waals surface area contributed by atoms with E-state index in [-0.39, 0.29) is 18.3 Å². The first kappa shape index (κ1) is 26.0. The number of aliphatic hydroxyl groups is 2. The van der Waals surface area contributed by atoms with Crippen LogP contribution in [0.5, 0.6) is 0 Å². The second-order valence-corrected chi connectivity index (χ2v) is 10.9. The lowest BCUT2D eigenvalue weighted by atomic mass is 9.98. The highest BCUT2D eigenvalue weighted by atomic mass is 32.2. The van der Waals surface area contributed by atoms with Crippen LogP contribution in [0, 0.1) is 0 Å². The Morgan fingerprint density at radius 1 is 1.48 bits per heavy atom. The Balaban J connectivity index is 2.07. The highest BCUT2D eigenvalue weighted by molar-refractivity contribution is 8.13. The molecule has 3 N–H and O–H groups in total. The minimum Gasteiger partial charge on any atom is -0.387 e. The number of aliphatic imine (C=N–C) groups is 1. The minimum absolute atomic E-state index is 0.0382. The van der Waals surface area contributed by atoms with Crippen LogP contribution in [-0.2, 0) is 23.1 Å². The smallest absolute Gasteiger partial charge is 0.387 e. The molecule has 0 bridgehead atoms. The summed E-state index contributed by atoms with van der Waals surface area (Å²) < 4.78 is 31.3. The number of thioether (sulfide) groups is 1. The van der Waals surface area contributed by atoms with Gasteiger partial charge in [0.1, 0.15) is 29.5 Å². The molecule has 2 heterocycles. The van der Waals surface area contributed by atoms with E-state index in [4.69, 9.17) is 13.8 Å². The molecule has 176 valence electrons. The van der Waals surface area contributed by atoms with Gasteiger partial charge in [-0.2, -0.15) is 0 Å². The van der Waals surface area contributed by atoms with Crippen LogP contribution >= 0.6 is 19.5 Å². The Labute approximate surface area is 186 Å². The van der Waals surface area contributed by atoms with E-state index in [1.54, 1.807) is 26.2 Å². The van der Waals surface area contributed by atoms with E-state index < -0.39 is 31.8 Å². The summed E-state index contributed by atoms with van der Waals surface area (Å²) in [6, 6.07) is 0. The molecule has 0 aromatic heterocycles. The quantitative estimate of drug-likeness (QED) is 0.320. The molecule has 1 saturated heterocycles. The molecule has 0 spiro atoms. The zero-order chi connectivity index (χ0) is 23.4. The predicted molar refractivity (Wildman–Crippen MR) is 118 cm³/mol. The van der Waals surface area contributed by atoms with Gasteiger partial charge in [-0.1, -0.05) is 18.3 Å². The van der Waals surface area contributed by atoms with E-state index in [1.807, 2.05) is 0 Å². The topological polar surface area (TPSA) is 133 Å². The fourth-order valence-corrected chi connectivity index (χ4v) is 4.81. The maximum Gasteiger partial charge on any atom is 0.407 e. The van der Waals surface area contributed by atoms with Crippen molar-refractivity contribution in [2.24, 2.45) is 4.99 Å². The van der Waals surface area contributed by atoms with Crippen molar-refractivity contribution in [2.75, 3.05) is 40.1 Å². The largest absolute Gasteiger partial charge is 0.407 e. The Hall–Kier alpha value is -1.24. The summed E-state index contributed by atoms with van der Waals surface area (Å²) in [7, 11) is 0.985. The number of nitrogens with one attached hydrogen (secondary N) is 1. The Morgan fingerprint density at radius 3 is 2.71 bits per heavy atom. The molecule has 2 aliphatic rings. The van der Waals surface area contributed by atoms with Crippen LogP contribution in [0.4, 0.5) is 0 Å². The third kappa shape index (κ3) is 6.17. The zero-order valence-corrected chi connectivity index (χ0v) is 20.1. The van der Waals surface area contributed by atoms with Crippen molar-refractivity contribution < 1.29 is 33.4 Å². The van der Waals surface area contributed by atoms with Gasteiger partial charge in [-0.05, 0) is 27.1 Å². The molecule has 0 radical (unpaired) electrons. The van der Waals surface area contributed by atoms with Crippen LogP contribution in [0.2, 0.25) is 0 Å². The highest BCUT2D eigenvalue weighted by Crippen LogP contribution is 2.51. The van der Waals surface area contributed by atoms with Crippen molar-refractivity contribution in [1.29, 1.82) is 0 Å². The summed E-state index contributed by atoms with van der Waals surface area (Å²) in [6.45, 7) is 6.61. The molecule has 31 heavy (non-hydrogen) atoms. The van der Waals surface area contributed by atoms with Gasteiger partial charge in [0.25, 0.3) is 0 Å². The SMILES string of the molecule is C=C1NC(=NC)C=CN1[C@H]1O[C@](C)(COP(=O)(OCCSC(C)=O)N(C)C)[C@H](O)C1O. The van der Waals surface area contributed by atoms with Crippen molar-refractivity contribution >= 4 is 30.5 Å². The number of rotatable bonds is 9. The maximum absolute atomic E-state index is 13.1. The van der Waals surface area contributed by atoms with Crippen molar-refractivity contribution in [3.05, 3.63) is 24.7 Å². The minimum atomic E-state index is -3.71. The Bertz CT molecular complexity index is 793. The van der Waals surface area contributed by atoms with E-state index in [0.717, 1.165) is 11.8 Å². The normalized spacial score (nSPS) is 31.9. The van der Waals surface area contributed by atoms with Gasteiger partial charge in [0, 0.05) is 25.9 Å². The first-order valence-electron chi connectivity index (χ1n) is 9.57. The van der Waals surface area contributed by atoms with E-state index >= 15 is 0 Å². The number of carbonyl (C=O) groups is 1. The summed E-state index contributed by atoms with van der Waals surface area (Å²) >= 11 is 1.05. The predicted octanol–water partition coefficient (Wildman–Crippen LogP) is 0.724. The average molecular weight is 479 g/mol. The van der Waals surface area contributed by atoms with E-state index in [0.29, 0.717) is 17.4 Å². The molecule has 2 aliphatic heterocycles. The molecule has 0 aromatic rings. The van der Waals surface area contributed by atoms with Crippen molar-refractivity contribution in [1.82, 2.24) is 14.9 Å². The molecule has 0 saturated carbocycles. The van der Waals surface area contributed by atoms with Crippen LogP contribution < -0.4 is 5.32 Å². The lowest BCUT2D eigenvalue weighted by molar-refractivity contribution is -0.122. The van der Waals surface area contributed by atoms with Crippen molar-refractivity contribution in [3.8, 4) is 0 Å². The van der Waals surface area contributed by atoms with Crippen molar-refractivity contribution in [3.63, 3.8) is 0 Å². The summed E-state index contributed by atoms with van der Waals surface area (Å²) in [5.41, 5.74) is -1.37. The number of aliphatic hydroxyl groups excluding tert-OH is 2. The van der Waals surface area contributed by atoms with Crippen LogP contribution in [-0.4, -0.2) is 94.9 Å². The van der Waals surface area contributed by atoms with Gasteiger partial charge >= 0.3 is 7.75 Å². The lowest BCUT2D eigenvalue weighted by Crippen LogP contribution is -2.46. The number of hydrogen-bond donors (Lipinski definition) is 3. The number of ether oxygens (including phenoxy) is 1. The molecule has 13 heteroatoms. The van der Waals surface area contributed by atoms with Gasteiger partial charge in [0.15, 0.2) is 11.3 Å². The molecule has 1 fully saturated rings. The van der Waals surface area contributed by atoms with Gasteiger partial charge in [0.05, 0.1) is 13.2 Å². The van der Waals surface area contributed by atoms with Gasteiger partial charge in [-0.15, -0.1) is 0 Å². The lowest BCUT2D eigenvalue weighted by Gasteiger charge is -2.34. The second kappa shape index (κ2) is 10.6. The van der Waals surface area contributed by atoms with E-state index in [1.165, 1.54) is 30.6 Å². The first-order valence-corrected chi connectivity index (χ1v) is 12.0. The standard InChI is InChI=1S/C18H31N4O7PS/c1-12-20-14(19-4)7-8-22(12)17-15(24)16(25)18(3,29-17)11-28-30(26,21(5)6)27-9-10-31-13(2)23/h7-8,15-17,24-25H,1,9-11H2,2-6H3,(H,19,20)/t15?,16-,17+,18-,30?/m1/s1. The number of hydrogen-bond acceptors (Lipinski definition) is 10. The number of amidine groups is 1. The van der Waals surface area contributed by atoms with Crippen LogP contribution in [0.3, 0.4) is 0 Å². The average Bonchev–Trinajstić information content (AvgIpc) is 2.94. The summed E-state index contributed by atoms with van der Waals surface area (Å²) in [5.74, 6) is 1.33. The third-order valence-corrected chi connectivity index (χ3v) is 7.49. The van der Waals surface area contributed by atoms with Crippen LogP contribution in [0.25, 0.3) is 0 Å². The van der Waals surface area contributed by atoms with Crippen molar-refractivity contribution in [2.45, 2.75) is 37.9 Å². The molecule has 0 aliphatic carbocycles. The molecule has 0 aromatic carbocycles. The Morgan fingerprint density at radius 2 is 2.16 bits per heavy atom. The second-order valence-electron chi connectivity index (χ2n) is 7.42. The summed E-state index contributed by atoms with van der Waals surface area (Å²) in [6.07, 6.45) is -0.261. The third-order valence-electron chi connectivity index (χ3n) is 4.77. The zero-order valence-electron chi connectivity index (χ0n) is 18.3. The van der Waals surface area contributed by atoms with Gasteiger partial charge in [-0.3, -0.25) is 18.8 Å². The first-order chi connectivity index (χ1) is 14.4. The molecule has 11 nitrogen and oxygen atoms in total. The molecule has 5 atom stereocenters. The number of carbonyl (C=O) groups excluding carboxylic acids is 1. The highest BCUT2D eigenvalue weighted by Gasteiger charge is 2.54. The maximum atomic E-state index is 13.1. The fourth-order valence-electron chi connectivity index (χ4n) is 2.95. The van der Waals surface area contributed by atoms with Gasteiger partial charge in [-0.25, -0.2) is 9.24 Å². The van der Waals surface area contributed by atoms with Crippen LogP contribution in [0.1, 0.15) is 13.8 Å². The van der Waals surface area contributed by atoms with Crippen LogP contribution in [0.15, 0.2) is 29.7 Å². The fraction of sp³-hybridized carbons (Fsp3) is 0.667. The molecular formula is C18H31N4O7PS. The van der Waals surface area contributed by atoms with Gasteiger partial charge < -0.3 is 25.2 Å². The monoisotopic (exact) mass is 478 g/mol.